The van der Waals surface area contributed by atoms with Crippen LogP contribution in [0.1, 0.15) is 23.1 Å². The topological polar surface area (TPSA) is 46.2 Å². The number of carbonyl (C=O) groups excluding carboxylic acids is 1. The Morgan fingerprint density at radius 2 is 2.38 bits per heavy atom. The first-order valence-electron chi connectivity index (χ1n) is 5.02. The predicted molar refractivity (Wildman–Crippen MR) is 59.5 cm³/mol. The molecule has 0 aliphatic rings. The summed E-state index contributed by atoms with van der Waals surface area (Å²) in [5.41, 5.74) is 2.14. The molecule has 0 spiro atoms. The number of carbonyl (C=O) groups is 1. The normalized spacial score (nSPS) is 10.6. The maximum Gasteiger partial charge on any atom is 0.382 e. The highest BCUT2D eigenvalue weighted by Crippen LogP contribution is 2.05. The first-order valence-corrected chi connectivity index (χ1v) is 5.55. The number of H-pyrrole nitrogens is 1. The monoisotopic (exact) mass is 239 g/mol. The number of esters is 1. The number of alkyl halides is 1. The van der Waals surface area contributed by atoms with Gasteiger partial charge in [0.2, 0.25) is 0 Å². The van der Waals surface area contributed by atoms with Gasteiger partial charge in [0.05, 0.1) is 12.5 Å². The van der Waals surface area contributed by atoms with Crippen LogP contribution in [0.25, 0.3) is 5.65 Å². The van der Waals surface area contributed by atoms with E-state index >= 15 is 0 Å². The van der Waals surface area contributed by atoms with Crippen LogP contribution in [0.2, 0.25) is 0 Å². The van der Waals surface area contributed by atoms with E-state index in [1.807, 2.05) is 18.2 Å². The van der Waals surface area contributed by atoms with E-state index in [1.165, 1.54) is 0 Å². The lowest BCUT2D eigenvalue weighted by molar-refractivity contribution is -0.522. The lowest BCUT2D eigenvalue weighted by Gasteiger charge is -1.99. The van der Waals surface area contributed by atoms with Gasteiger partial charge in [0.15, 0.2) is 0 Å². The number of halogens is 1. The minimum Gasteiger partial charge on any atom is -0.460 e. The first-order chi connectivity index (χ1) is 7.77. The number of ether oxygens (including phenoxy) is 1. The number of nitrogens with zero attached hydrogens (tertiary/aromatic N) is 1. The second kappa shape index (κ2) is 4.53. The molecule has 0 radical (unpaired) electrons. The van der Waals surface area contributed by atoms with Crippen LogP contribution in [0.3, 0.4) is 0 Å². The van der Waals surface area contributed by atoms with E-state index in [9.17, 15) is 4.79 Å². The zero-order valence-corrected chi connectivity index (χ0v) is 9.62. The number of pyridine rings is 1. The zero-order chi connectivity index (χ0) is 11.5. The molecule has 0 aromatic carbocycles. The number of aromatic nitrogens is 2. The molecule has 0 fully saturated rings. The highest BCUT2D eigenvalue weighted by Gasteiger charge is 2.21. The van der Waals surface area contributed by atoms with Crippen LogP contribution >= 0.6 is 11.6 Å². The van der Waals surface area contributed by atoms with Crippen molar-refractivity contribution in [1.82, 2.24) is 4.98 Å². The Balaban J connectivity index is 2.58. The second-order valence-corrected chi connectivity index (χ2v) is 3.53. The molecule has 0 amide bonds. The van der Waals surface area contributed by atoms with Gasteiger partial charge in [-0.1, -0.05) is 6.07 Å². The molecule has 0 aliphatic heterocycles. The Bertz CT molecular complexity index is 522. The van der Waals surface area contributed by atoms with Crippen molar-refractivity contribution in [2.45, 2.75) is 12.8 Å². The Morgan fingerprint density at radius 1 is 1.56 bits per heavy atom. The second-order valence-electron chi connectivity index (χ2n) is 3.27. The van der Waals surface area contributed by atoms with Gasteiger partial charge in [0.1, 0.15) is 11.9 Å². The van der Waals surface area contributed by atoms with Crippen LogP contribution in [0.15, 0.2) is 24.4 Å². The molecule has 16 heavy (non-hydrogen) atoms. The van der Waals surface area contributed by atoms with Gasteiger partial charge in [0.25, 0.3) is 11.3 Å². The fourth-order valence-corrected chi connectivity index (χ4v) is 1.83. The molecule has 0 unspecified atom stereocenters. The summed E-state index contributed by atoms with van der Waals surface area (Å²) in [6.45, 7) is 2.13. The fraction of sp³-hybridized carbons (Fsp3) is 0.273. The summed E-state index contributed by atoms with van der Waals surface area (Å²) in [5.74, 6) is -0.0111. The van der Waals surface area contributed by atoms with Crippen LogP contribution < -0.4 is 4.40 Å². The largest absolute Gasteiger partial charge is 0.460 e. The van der Waals surface area contributed by atoms with E-state index < -0.39 is 0 Å². The van der Waals surface area contributed by atoms with Crippen LogP contribution in [0, 0.1) is 0 Å². The zero-order valence-electron chi connectivity index (χ0n) is 8.87. The van der Waals surface area contributed by atoms with Gasteiger partial charge in [0, 0.05) is 6.07 Å². The van der Waals surface area contributed by atoms with Gasteiger partial charge >= 0.3 is 5.97 Å². The minimum atomic E-state index is -0.351. The number of hydrogen-bond acceptors (Lipinski definition) is 2. The maximum absolute atomic E-state index is 11.7. The highest BCUT2D eigenvalue weighted by atomic mass is 35.5. The third-order valence-electron chi connectivity index (χ3n) is 2.29. The van der Waals surface area contributed by atoms with Crippen LogP contribution in [0.5, 0.6) is 0 Å². The lowest BCUT2D eigenvalue weighted by atomic mass is 10.3. The van der Waals surface area contributed by atoms with E-state index in [-0.39, 0.29) is 5.97 Å². The van der Waals surface area contributed by atoms with E-state index in [2.05, 4.69) is 4.98 Å². The van der Waals surface area contributed by atoms with E-state index in [1.54, 1.807) is 17.5 Å². The quantitative estimate of drug-likeness (QED) is 0.503. The number of rotatable bonds is 3. The number of aromatic amines is 1. The number of nitrogens with one attached hydrogen (secondary N) is 1. The maximum atomic E-state index is 11.7. The van der Waals surface area contributed by atoms with Crippen molar-refractivity contribution in [3.05, 3.63) is 35.8 Å². The van der Waals surface area contributed by atoms with Gasteiger partial charge in [-0.15, -0.1) is 11.6 Å². The summed E-state index contributed by atoms with van der Waals surface area (Å²) >= 11 is 5.83. The summed E-state index contributed by atoms with van der Waals surface area (Å²) in [5, 5.41) is 0. The predicted octanol–water partition coefficient (Wildman–Crippen LogP) is 1.67. The molecule has 84 valence electrons. The summed E-state index contributed by atoms with van der Waals surface area (Å²) in [6, 6.07) is 5.63. The minimum absolute atomic E-state index is 0.340. The average molecular weight is 240 g/mol. The highest BCUT2D eigenvalue weighted by molar-refractivity contribution is 6.16. The van der Waals surface area contributed by atoms with Crippen molar-refractivity contribution in [3.8, 4) is 0 Å². The molecule has 2 rings (SSSR count). The SMILES string of the molecule is CCOC(=O)c1c[nH]c2cccc(CCl)[n+]12. The van der Waals surface area contributed by atoms with Gasteiger partial charge < -0.3 is 4.74 Å². The fourth-order valence-electron chi connectivity index (χ4n) is 1.62. The standard InChI is InChI=1S/C11H11ClN2O2/c1-2-16-11(15)9-7-13-10-5-3-4-8(6-12)14(9)10/h3-5,7H,2,6H2,1H3/p+1. The third-order valence-corrected chi connectivity index (χ3v) is 2.56. The molecule has 2 aromatic rings. The summed E-state index contributed by atoms with van der Waals surface area (Å²) in [6.07, 6.45) is 1.63. The molecule has 0 saturated heterocycles. The average Bonchev–Trinajstić information content (AvgIpc) is 2.72. The number of hydrogen-bond donors (Lipinski definition) is 1. The lowest BCUT2D eigenvalue weighted by Crippen LogP contribution is -2.32. The summed E-state index contributed by atoms with van der Waals surface area (Å²) in [7, 11) is 0. The first kappa shape index (κ1) is 11.0. The van der Waals surface area contributed by atoms with E-state index in [0.29, 0.717) is 18.2 Å². The Kier molecular flexibility index (Phi) is 3.10. The van der Waals surface area contributed by atoms with Gasteiger partial charge in [-0.3, -0.25) is 0 Å². The smallest absolute Gasteiger partial charge is 0.382 e. The molecule has 1 N–H and O–H groups in total. The number of imidazole rings is 1. The molecule has 2 heterocycles. The van der Waals surface area contributed by atoms with Crippen molar-refractivity contribution in [1.29, 1.82) is 0 Å². The molecule has 0 saturated carbocycles. The number of fused-ring (bicyclic) bond motifs is 1. The Labute approximate surface area is 97.8 Å². The van der Waals surface area contributed by atoms with Crippen molar-refractivity contribution in [2.75, 3.05) is 6.61 Å². The van der Waals surface area contributed by atoms with Crippen LogP contribution in [-0.2, 0) is 10.6 Å². The van der Waals surface area contributed by atoms with E-state index in [0.717, 1.165) is 11.3 Å². The van der Waals surface area contributed by atoms with Crippen LogP contribution in [-0.4, -0.2) is 17.6 Å². The summed E-state index contributed by atoms with van der Waals surface area (Å²) < 4.78 is 6.74. The molecule has 4 nitrogen and oxygen atoms in total. The molecule has 0 bridgehead atoms. The summed E-state index contributed by atoms with van der Waals surface area (Å²) in [4.78, 5) is 14.7. The van der Waals surface area contributed by atoms with Gasteiger partial charge in [-0.05, 0) is 13.0 Å². The molecular weight excluding hydrogens is 228 g/mol. The molecule has 0 atom stereocenters. The Morgan fingerprint density at radius 3 is 3.06 bits per heavy atom. The van der Waals surface area contributed by atoms with Crippen molar-refractivity contribution < 1.29 is 13.9 Å². The molecule has 2 aromatic heterocycles. The van der Waals surface area contributed by atoms with Gasteiger partial charge in [-0.25, -0.2) is 9.78 Å². The molecular formula is C11H12ClN2O2+. The Hall–Kier alpha value is -1.55. The van der Waals surface area contributed by atoms with E-state index in [4.69, 9.17) is 16.3 Å². The van der Waals surface area contributed by atoms with Crippen molar-refractivity contribution in [3.63, 3.8) is 0 Å². The third kappa shape index (κ3) is 1.76. The van der Waals surface area contributed by atoms with Crippen molar-refractivity contribution >= 4 is 23.2 Å². The van der Waals surface area contributed by atoms with Crippen molar-refractivity contribution in [2.24, 2.45) is 0 Å². The van der Waals surface area contributed by atoms with Crippen LogP contribution in [0.4, 0.5) is 0 Å². The molecule has 0 aliphatic carbocycles. The van der Waals surface area contributed by atoms with Gasteiger partial charge in [-0.2, -0.15) is 4.40 Å². The molecule has 5 heteroatoms.